The van der Waals surface area contributed by atoms with Gasteiger partial charge in [-0.3, -0.25) is 4.79 Å². The van der Waals surface area contributed by atoms with E-state index in [9.17, 15) is 18.3 Å². The fourth-order valence-electron chi connectivity index (χ4n) is 4.57. The highest BCUT2D eigenvalue weighted by atomic mass is 32.2. The predicted octanol–water partition coefficient (Wildman–Crippen LogP) is 4.91. The molecule has 0 radical (unpaired) electrons. The summed E-state index contributed by atoms with van der Waals surface area (Å²) >= 11 is 0. The molecule has 0 saturated heterocycles. The minimum Gasteiger partial charge on any atom is -0.487 e. The number of aromatic nitrogens is 2. The highest BCUT2D eigenvalue weighted by Gasteiger charge is 2.23. The molecule has 2 aromatic heterocycles. The molecule has 0 spiro atoms. The van der Waals surface area contributed by atoms with Gasteiger partial charge >= 0.3 is 5.97 Å². The lowest BCUT2D eigenvalue weighted by atomic mass is 10.0. The third kappa shape index (κ3) is 5.27. The fourth-order valence-corrected chi connectivity index (χ4v) is 6.09. The third-order valence-electron chi connectivity index (χ3n) is 6.47. The number of benzene rings is 3. The molecule has 8 nitrogen and oxygen atoms in total. The molecular weight excluding hydrogens is 514 g/mol. The molecular formula is C30H27N3O5S. The Morgan fingerprint density at radius 2 is 1.77 bits per heavy atom. The highest BCUT2D eigenvalue weighted by Crippen LogP contribution is 2.33. The Hall–Kier alpha value is -4.47. The van der Waals surface area contributed by atoms with Crippen LogP contribution in [0.25, 0.3) is 22.2 Å². The van der Waals surface area contributed by atoms with Crippen molar-refractivity contribution in [2.75, 3.05) is 0 Å². The summed E-state index contributed by atoms with van der Waals surface area (Å²) in [5.74, 6) is -0.539. The van der Waals surface area contributed by atoms with Crippen molar-refractivity contribution < 1.29 is 23.1 Å². The number of aliphatic carboxylic acids is 1. The van der Waals surface area contributed by atoms with Crippen molar-refractivity contribution in [2.45, 2.75) is 31.4 Å². The van der Waals surface area contributed by atoms with Crippen LogP contribution in [0.15, 0.2) is 96.0 Å². The van der Waals surface area contributed by atoms with Crippen molar-refractivity contribution >= 4 is 27.0 Å². The minimum atomic E-state index is -3.94. The molecule has 9 heteroatoms. The number of nitrogens with two attached hydrogens (primary N) is 1. The zero-order chi connectivity index (χ0) is 27.6. The maximum atomic E-state index is 13.7. The molecule has 5 aromatic rings. The SMILES string of the molecule is Cc1ccccc1S(=O)(=O)n1ccc2c(-c3cccc(CN)c3)cc(COc3ccccc3CC(=O)O)nc21. The molecule has 0 aliphatic heterocycles. The average Bonchev–Trinajstić information content (AvgIpc) is 3.37. The maximum Gasteiger partial charge on any atom is 0.307 e. The van der Waals surface area contributed by atoms with Crippen molar-refractivity contribution in [2.24, 2.45) is 5.73 Å². The van der Waals surface area contributed by atoms with Crippen LogP contribution in [0.4, 0.5) is 0 Å². The summed E-state index contributed by atoms with van der Waals surface area (Å²) in [6.07, 6.45) is 1.33. The molecule has 2 heterocycles. The molecule has 198 valence electrons. The number of carboxylic acid groups (broad SMARTS) is 1. The predicted molar refractivity (Wildman–Crippen MR) is 149 cm³/mol. The molecule has 0 bridgehead atoms. The number of ether oxygens (including phenoxy) is 1. The number of carbonyl (C=O) groups is 1. The van der Waals surface area contributed by atoms with Crippen LogP contribution in [0.2, 0.25) is 0 Å². The lowest BCUT2D eigenvalue weighted by molar-refractivity contribution is -0.136. The van der Waals surface area contributed by atoms with E-state index in [4.69, 9.17) is 15.5 Å². The second-order valence-corrected chi connectivity index (χ2v) is 10.9. The summed E-state index contributed by atoms with van der Waals surface area (Å²) in [5, 5.41) is 9.92. The molecule has 0 fully saturated rings. The molecule has 0 atom stereocenters. The van der Waals surface area contributed by atoms with Gasteiger partial charge in [0.1, 0.15) is 12.4 Å². The molecule has 3 N–H and O–H groups in total. The fraction of sp³-hybridized carbons (Fsp3) is 0.133. The van der Waals surface area contributed by atoms with Crippen molar-refractivity contribution in [3.05, 3.63) is 114 Å². The monoisotopic (exact) mass is 541 g/mol. The summed E-state index contributed by atoms with van der Waals surface area (Å²) < 4.78 is 34.7. The third-order valence-corrected chi connectivity index (χ3v) is 8.30. The Bertz CT molecular complexity index is 1790. The maximum absolute atomic E-state index is 13.7. The Morgan fingerprint density at radius 1 is 1.00 bits per heavy atom. The van der Waals surface area contributed by atoms with Gasteiger partial charge in [-0.15, -0.1) is 0 Å². The van der Waals surface area contributed by atoms with Crippen LogP contribution in [-0.4, -0.2) is 28.5 Å². The van der Waals surface area contributed by atoms with Crippen LogP contribution in [-0.2, 0) is 34.4 Å². The molecule has 0 aliphatic carbocycles. The van der Waals surface area contributed by atoms with Gasteiger partial charge in [0.25, 0.3) is 10.0 Å². The minimum absolute atomic E-state index is 0.00570. The number of nitrogens with zero attached hydrogens (tertiary/aromatic N) is 2. The standard InChI is InChI=1S/C30H27N3O5S/c1-20-7-2-5-12-28(20)39(36,37)33-14-13-25-26(22-10-6-8-21(15-22)18-31)17-24(32-30(25)33)19-38-27-11-4-3-9-23(27)16-29(34)35/h2-15,17H,16,18-19,31H2,1H3,(H,34,35). The van der Waals surface area contributed by atoms with Crippen molar-refractivity contribution in [3.63, 3.8) is 0 Å². The molecule has 0 saturated carbocycles. The van der Waals surface area contributed by atoms with E-state index < -0.39 is 16.0 Å². The Morgan fingerprint density at radius 3 is 2.54 bits per heavy atom. The smallest absolute Gasteiger partial charge is 0.307 e. The topological polar surface area (TPSA) is 125 Å². The van der Waals surface area contributed by atoms with Crippen molar-refractivity contribution in [3.8, 4) is 16.9 Å². The number of aryl methyl sites for hydroxylation is 1. The van der Waals surface area contributed by atoms with Crippen molar-refractivity contribution in [1.82, 2.24) is 8.96 Å². The number of pyridine rings is 1. The van der Waals surface area contributed by atoms with Gasteiger partial charge in [-0.2, -0.15) is 0 Å². The molecule has 39 heavy (non-hydrogen) atoms. The summed E-state index contributed by atoms with van der Waals surface area (Å²) in [5.41, 5.74) is 10.4. The van der Waals surface area contributed by atoms with Crippen LogP contribution >= 0.6 is 0 Å². The van der Waals surface area contributed by atoms with E-state index in [1.165, 1.54) is 10.2 Å². The first-order valence-corrected chi connectivity index (χ1v) is 13.8. The number of hydrogen-bond acceptors (Lipinski definition) is 6. The van der Waals surface area contributed by atoms with Gasteiger partial charge in [0.05, 0.1) is 17.0 Å². The van der Waals surface area contributed by atoms with E-state index in [0.29, 0.717) is 34.5 Å². The van der Waals surface area contributed by atoms with Gasteiger partial charge < -0.3 is 15.6 Å². The summed E-state index contributed by atoms with van der Waals surface area (Å²) in [6, 6.07) is 25.1. The summed E-state index contributed by atoms with van der Waals surface area (Å²) in [4.78, 5) is 16.2. The zero-order valence-electron chi connectivity index (χ0n) is 21.2. The first-order valence-electron chi connectivity index (χ1n) is 12.3. The number of carboxylic acids is 1. The first-order chi connectivity index (χ1) is 18.8. The van der Waals surface area contributed by atoms with E-state index in [1.54, 1.807) is 61.5 Å². The summed E-state index contributed by atoms with van der Waals surface area (Å²) in [7, 11) is -3.94. The van der Waals surface area contributed by atoms with E-state index in [1.807, 2.05) is 30.3 Å². The van der Waals surface area contributed by atoms with Gasteiger partial charge in [-0.25, -0.2) is 17.4 Å². The second-order valence-electron chi connectivity index (χ2n) is 9.15. The number of hydrogen-bond donors (Lipinski definition) is 2. The second kappa shape index (κ2) is 10.7. The number of para-hydroxylation sites is 1. The van der Waals surface area contributed by atoms with Gasteiger partial charge in [0, 0.05) is 23.7 Å². The normalized spacial score (nSPS) is 11.5. The highest BCUT2D eigenvalue weighted by molar-refractivity contribution is 7.90. The Labute approximate surface area is 226 Å². The first kappa shape index (κ1) is 26.1. The van der Waals surface area contributed by atoms with E-state index >= 15 is 0 Å². The van der Waals surface area contributed by atoms with E-state index in [-0.39, 0.29) is 23.6 Å². The van der Waals surface area contributed by atoms with Crippen LogP contribution < -0.4 is 10.5 Å². The van der Waals surface area contributed by atoms with Crippen LogP contribution in [0.3, 0.4) is 0 Å². The molecule has 0 amide bonds. The van der Waals surface area contributed by atoms with Crippen LogP contribution in [0.5, 0.6) is 5.75 Å². The molecule has 5 rings (SSSR count). The Balaban J connectivity index is 1.65. The lowest BCUT2D eigenvalue weighted by Gasteiger charge is -2.14. The van der Waals surface area contributed by atoms with Gasteiger partial charge in [0.15, 0.2) is 5.65 Å². The summed E-state index contributed by atoms with van der Waals surface area (Å²) in [6.45, 7) is 2.12. The average molecular weight is 542 g/mol. The molecule has 0 aliphatic rings. The zero-order valence-corrected chi connectivity index (χ0v) is 22.1. The van der Waals surface area contributed by atoms with Gasteiger partial charge in [0.2, 0.25) is 0 Å². The van der Waals surface area contributed by atoms with Crippen molar-refractivity contribution in [1.29, 1.82) is 0 Å². The largest absolute Gasteiger partial charge is 0.487 e. The van der Waals surface area contributed by atoms with E-state index in [2.05, 4.69) is 0 Å². The van der Waals surface area contributed by atoms with Gasteiger partial charge in [-0.05, 0) is 59.5 Å². The number of fused-ring (bicyclic) bond motifs is 1. The molecule has 0 unspecified atom stereocenters. The van der Waals surface area contributed by atoms with Gasteiger partial charge in [-0.1, -0.05) is 54.6 Å². The van der Waals surface area contributed by atoms with Crippen LogP contribution in [0.1, 0.15) is 22.4 Å². The quantitative estimate of drug-likeness (QED) is 0.272. The van der Waals surface area contributed by atoms with Crippen LogP contribution in [0, 0.1) is 6.92 Å². The Kier molecular flexibility index (Phi) is 7.19. The number of rotatable bonds is 9. The molecule has 3 aromatic carbocycles. The van der Waals surface area contributed by atoms with E-state index in [0.717, 1.165) is 16.7 Å². The lowest BCUT2D eigenvalue weighted by Crippen LogP contribution is -2.14.